The Morgan fingerprint density at radius 3 is 2.74 bits per heavy atom. The smallest absolute Gasteiger partial charge is 0.237 e. The fourth-order valence-electron chi connectivity index (χ4n) is 3.15. The average molecular weight is 268 g/mol. The van der Waals surface area contributed by atoms with Crippen molar-refractivity contribution in [2.45, 2.75) is 76.5 Å². The van der Waals surface area contributed by atoms with Gasteiger partial charge in [0.25, 0.3) is 0 Å². The van der Waals surface area contributed by atoms with Gasteiger partial charge in [0.05, 0.1) is 6.10 Å². The molecule has 2 saturated carbocycles. The van der Waals surface area contributed by atoms with E-state index < -0.39 is 5.54 Å². The van der Waals surface area contributed by atoms with E-state index in [1.807, 2.05) is 0 Å². The number of carbonyl (C=O) groups is 1. The molecule has 19 heavy (non-hydrogen) atoms. The molecular formula is C15H28N2O2. The number of hydrogen-bond donors (Lipinski definition) is 2. The molecule has 110 valence electrons. The Hall–Kier alpha value is -0.610. The number of carbonyl (C=O) groups excluding carboxylic acids is 1. The van der Waals surface area contributed by atoms with E-state index in [9.17, 15) is 4.79 Å². The van der Waals surface area contributed by atoms with Gasteiger partial charge in [0.2, 0.25) is 5.91 Å². The quantitative estimate of drug-likeness (QED) is 0.742. The van der Waals surface area contributed by atoms with Crippen LogP contribution in [-0.2, 0) is 9.53 Å². The van der Waals surface area contributed by atoms with Gasteiger partial charge < -0.3 is 15.8 Å². The Morgan fingerprint density at radius 2 is 2.16 bits per heavy atom. The molecule has 2 rings (SSSR count). The SMILES string of the molecule is CC(C)NC1(C(N)=O)CCCC(OCCC2CC2)C1. The second-order valence-electron chi connectivity index (χ2n) is 6.57. The van der Waals surface area contributed by atoms with Gasteiger partial charge in [-0.05, 0) is 45.4 Å². The number of primary amides is 1. The van der Waals surface area contributed by atoms with E-state index in [1.165, 1.54) is 19.3 Å². The minimum Gasteiger partial charge on any atom is -0.378 e. The minimum atomic E-state index is -0.559. The molecule has 0 spiro atoms. The summed E-state index contributed by atoms with van der Waals surface area (Å²) in [4.78, 5) is 11.9. The van der Waals surface area contributed by atoms with Crippen LogP contribution in [0.5, 0.6) is 0 Å². The van der Waals surface area contributed by atoms with Crippen LogP contribution in [0.1, 0.15) is 58.8 Å². The predicted octanol–water partition coefficient (Wildman–Crippen LogP) is 1.97. The van der Waals surface area contributed by atoms with Crippen LogP contribution in [0.25, 0.3) is 0 Å². The van der Waals surface area contributed by atoms with Crippen LogP contribution < -0.4 is 11.1 Å². The molecule has 4 nitrogen and oxygen atoms in total. The highest BCUT2D eigenvalue weighted by molar-refractivity contribution is 5.84. The molecule has 0 saturated heterocycles. The van der Waals surface area contributed by atoms with Crippen molar-refractivity contribution in [2.75, 3.05) is 6.61 Å². The van der Waals surface area contributed by atoms with E-state index in [1.54, 1.807) is 0 Å². The van der Waals surface area contributed by atoms with Gasteiger partial charge in [0.15, 0.2) is 0 Å². The van der Waals surface area contributed by atoms with Gasteiger partial charge in [0, 0.05) is 19.1 Å². The van der Waals surface area contributed by atoms with E-state index in [4.69, 9.17) is 10.5 Å². The summed E-state index contributed by atoms with van der Waals surface area (Å²) in [6.07, 6.45) is 7.73. The first-order valence-electron chi connectivity index (χ1n) is 7.71. The summed E-state index contributed by atoms with van der Waals surface area (Å²) in [5, 5.41) is 3.38. The van der Waals surface area contributed by atoms with Crippen molar-refractivity contribution < 1.29 is 9.53 Å². The lowest BCUT2D eigenvalue weighted by molar-refractivity contribution is -0.129. The zero-order valence-electron chi connectivity index (χ0n) is 12.3. The number of hydrogen-bond acceptors (Lipinski definition) is 3. The predicted molar refractivity (Wildman–Crippen MR) is 75.7 cm³/mol. The highest BCUT2D eigenvalue weighted by Gasteiger charge is 2.42. The third-order valence-electron chi connectivity index (χ3n) is 4.32. The van der Waals surface area contributed by atoms with Crippen molar-refractivity contribution >= 4 is 5.91 Å². The van der Waals surface area contributed by atoms with Crippen molar-refractivity contribution in [3.05, 3.63) is 0 Å². The topological polar surface area (TPSA) is 64.3 Å². The number of ether oxygens (including phenoxy) is 1. The summed E-state index contributed by atoms with van der Waals surface area (Å²) in [6.45, 7) is 4.95. The van der Waals surface area contributed by atoms with Gasteiger partial charge in [-0.15, -0.1) is 0 Å². The zero-order valence-corrected chi connectivity index (χ0v) is 12.3. The third-order valence-corrected chi connectivity index (χ3v) is 4.32. The number of rotatable bonds is 7. The summed E-state index contributed by atoms with van der Waals surface area (Å²) in [5.74, 6) is 0.676. The van der Waals surface area contributed by atoms with Crippen LogP contribution in [0.4, 0.5) is 0 Å². The Kier molecular flexibility index (Phi) is 4.85. The Bertz CT molecular complexity index is 315. The fraction of sp³-hybridized carbons (Fsp3) is 0.933. The van der Waals surface area contributed by atoms with E-state index in [0.29, 0.717) is 0 Å². The molecule has 2 atom stereocenters. The van der Waals surface area contributed by atoms with E-state index in [-0.39, 0.29) is 18.1 Å². The molecule has 2 aliphatic rings. The molecule has 0 aromatic carbocycles. The first kappa shape index (κ1) is 14.8. The maximum Gasteiger partial charge on any atom is 0.237 e. The maximum absolute atomic E-state index is 11.9. The van der Waals surface area contributed by atoms with Gasteiger partial charge >= 0.3 is 0 Å². The number of nitrogens with two attached hydrogens (primary N) is 1. The Labute approximate surface area is 116 Å². The Morgan fingerprint density at radius 1 is 1.42 bits per heavy atom. The second-order valence-corrected chi connectivity index (χ2v) is 6.57. The summed E-state index contributed by atoms with van der Waals surface area (Å²) in [7, 11) is 0. The van der Waals surface area contributed by atoms with Gasteiger partial charge in [-0.1, -0.05) is 12.8 Å². The van der Waals surface area contributed by atoms with Crippen LogP contribution in [-0.4, -0.2) is 30.2 Å². The molecule has 0 aromatic heterocycles. The molecule has 2 aliphatic carbocycles. The molecule has 3 N–H and O–H groups in total. The molecule has 1 amide bonds. The van der Waals surface area contributed by atoms with E-state index >= 15 is 0 Å². The highest BCUT2D eigenvalue weighted by Crippen LogP contribution is 2.34. The van der Waals surface area contributed by atoms with Gasteiger partial charge in [-0.3, -0.25) is 4.79 Å². The van der Waals surface area contributed by atoms with Crippen LogP contribution >= 0.6 is 0 Å². The second kappa shape index (κ2) is 6.23. The van der Waals surface area contributed by atoms with Crippen LogP contribution in [0.3, 0.4) is 0 Å². The van der Waals surface area contributed by atoms with Crippen molar-refractivity contribution in [3.63, 3.8) is 0 Å². The molecule has 0 aliphatic heterocycles. The molecule has 0 heterocycles. The van der Waals surface area contributed by atoms with E-state index in [2.05, 4.69) is 19.2 Å². The molecular weight excluding hydrogens is 240 g/mol. The van der Waals surface area contributed by atoms with Crippen LogP contribution in [0.2, 0.25) is 0 Å². The summed E-state index contributed by atoms with van der Waals surface area (Å²) in [6, 6.07) is 0.262. The molecule has 2 fully saturated rings. The lowest BCUT2D eigenvalue weighted by atomic mass is 9.79. The molecule has 0 aromatic rings. The number of amides is 1. The first-order chi connectivity index (χ1) is 9.02. The molecule has 2 unspecified atom stereocenters. The van der Waals surface area contributed by atoms with Gasteiger partial charge in [-0.25, -0.2) is 0 Å². The molecule has 0 bridgehead atoms. The fourth-order valence-corrected chi connectivity index (χ4v) is 3.15. The highest BCUT2D eigenvalue weighted by atomic mass is 16.5. The monoisotopic (exact) mass is 268 g/mol. The van der Waals surface area contributed by atoms with Crippen LogP contribution in [0.15, 0.2) is 0 Å². The summed E-state index contributed by atoms with van der Waals surface area (Å²) in [5.41, 5.74) is 5.08. The minimum absolute atomic E-state index is 0.186. The molecule has 0 radical (unpaired) electrons. The maximum atomic E-state index is 11.9. The standard InChI is InChI=1S/C15H28N2O2/c1-11(2)17-15(14(16)18)8-3-4-13(10-15)19-9-7-12-5-6-12/h11-13,17H,3-10H2,1-2H3,(H2,16,18). The largest absolute Gasteiger partial charge is 0.378 e. The van der Waals surface area contributed by atoms with Gasteiger partial charge in [0.1, 0.15) is 5.54 Å². The number of nitrogens with one attached hydrogen (secondary N) is 1. The average Bonchev–Trinajstić information content (AvgIpc) is 3.12. The van der Waals surface area contributed by atoms with Crippen LogP contribution in [0, 0.1) is 5.92 Å². The van der Waals surface area contributed by atoms with Crippen molar-refractivity contribution in [1.82, 2.24) is 5.32 Å². The third kappa shape index (κ3) is 4.18. The zero-order chi connectivity index (χ0) is 13.9. The molecule has 4 heteroatoms. The van der Waals surface area contributed by atoms with E-state index in [0.717, 1.165) is 38.2 Å². The summed E-state index contributed by atoms with van der Waals surface area (Å²) >= 11 is 0. The normalized spacial score (nSPS) is 31.6. The first-order valence-corrected chi connectivity index (χ1v) is 7.71. The van der Waals surface area contributed by atoms with Crippen molar-refractivity contribution in [2.24, 2.45) is 11.7 Å². The van der Waals surface area contributed by atoms with Crippen molar-refractivity contribution in [1.29, 1.82) is 0 Å². The summed E-state index contributed by atoms with van der Waals surface area (Å²) < 4.78 is 5.97. The Balaban J connectivity index is 1.86. The lowest BCUT2D eigenvalue weighted by Crippen LogP contribution is -2.60. The van der Waals surface area contributed by atoms with Gasteiger partial charge in [-0.2, -0.15) is 0 Å². The lowest BCUT2D eigenvalue weighted by Gasteiger charge is -2.40. The van der Waals surface area contributed by atoms with Crippen molar-refractivity contribution in [3.8, 4) is 0 Å².